The van der Waals surface area contributed by atoms with Gasteiger partial charge in [-0.15, -0.1) is 0 Å². The molecule has 1 aliphatic heterocycles. The lowest BCUT2D eigenvalue weighted by Crippen LogP contribution is -2.41. The van der Waals surface area contributed by atoms with Gasteiger partial charge in [-0.2, -0.15) is 0 Å². The van der Waals surface area contributed by atoms with Crippen LogP contribution in [0, 0.1) is 13.8 Å². The molecule has 0 fully saturated rings. The normalized spacial score (nSPS) is 16.3. The zero-order valence-corrected chi connectivity index (χ0v) is 14.1. The number of rotatable bonds is 4. The van der Waals surface area contributed by atoms with Crippen molar-refractivity contribution in [1.82, 2.24) is 0 Å². The molecule has 3 rings (SSSR count). The van der Waals surface area contributed by atoms with Crippen LogP contribution in [0.25, 0.3) is 0 Å². The Bertz CT molecular complexity index is 772. The fourth-order valence-electron chi connectivity index (χ4n) is 2.95. The lowest BCUT2D eigenvalue weighted by molar-refractivity contribution is 0.0695. The van der Waals surface area contributed by atoms with E-state index < -0.39 is 5.97 Å². The Hall–Kier alpha value is -2.69. The average Bonchev–Trinajstić information content (AvgIpc) is 2.56. The van der Waals surface area contributed by atoms with Crippen LogP contribution >= 0.6 is 0 Å². The molecule has 24 heavy (non-hydrogen) atoms. The smallest absolute Gasteiger partial charge is 0.335 e. The van der Waals surface area contributed by atoms with Crippen LogP contribution in [-0.4, -0.2) is 37.4 Å². The first-order valence-electron chi connectivity index (χ1n) is 7.90. The Morgan fingerprint density at radius 2 is 2.00 bits per heavy atom. The highest BCUT2D eigenvalue weighted by Gasteiger charge is 2.24. The number of aromatic carboxylic acids is 1. The second-order valence-electron chi connectivity index (χ2n) is 6.07. The van der Waals surface area contributed by atoms with E-state index in [1.54, 1.807) is 19.1 Å². The maximum atomic E-state index is 11.2. The molecule has 0 aromatic heterocycles. The molecule has 1 atom stereocenters. The molecule has 0 radical (unpaired) electrons. The van der Waals surface area contributed by atoms with Crippen molar-refractivity contribution in [2.45, 2.75) is 20.0 Å². The fourth-order valence-corrected chi connectivity index (χ4v) is 2.95. The van der Waals surface area contributed by atoms with Gasteiger partial charge >= 0.3 is 5.97 Å². The third-order valence-electron chi connectivity index (χ3n) is 4.44. The highest BCUT2D eigenvalue weighted by atomic mass is 16.5. The van der Waals surface area contributed by atoms with Gasteiger partial charge in [0.05, 0.1) is 17.8 Å². The molecule has 2 aromatic carbocycles. The molecule has 0 bridgehead atoms. The minimum absolute atomic E-state index is 0.0799. The van der Waals surface area contributed by atoms with Crippen molar-refractivity contribution in [3.8, 4) is 11.5 Å². The van der Waals surface area contributed by atoms with E-state index in [2.05, 4.69) is 4.90 Å². The standard InChI is InChI=1S/C19H21NO4/c1-12-13(2)17(9-8-15(12)19(21)22)23-11-14-10-20(3)16-6-4-5-7-18(16)24-14/h4-9,14H,10-11H2,1-3H3,(H,21,22)/t14-/m0/s1. The van der Waals surface area contributed by atoms with Crippen LogP contribution in [0.2, 0.25) is 0 Å². The summed E-state index contributed by atoms with van der Waals surface area (Å²) in [5, 5.41) is 9.17. The summed E-state index contributed by atoms with van der Waals surface area (Å²) in [4.78, 5) is 13.3. The summed E-state index contributed by atoms with van der Waals surface area (Å²) in [6.07, 6.45) is -0.0799. The minimum atomic E-state index is -0.920. The Labute approximate surface area is 141 Å². The number of para-hydroxylation sites is 2. The summed E-state index contributed by atoms with van der Waals surface area (Å²) in [7, 11) is 2.03. The van der Waals surface area contributed by atoms with Gasteiger partial charge in [0.1, 0.15) is 24.2 Å². The summed E-state index contributed by atoms with van der Waals surface area (Å²) in [6.45, 7) is 4.82. The number of benzene rings is 2. The zero-order valence-electron chi connectivity index (χ0n) is 14.1. The Morgan fingerprint density at radius 3 is 2.75 bits per heavy atom. The van der Waals surface area contributed by atoms with E-state index in [1.807, 2.05) is 38.2 Å². The second kappa shape index (κ2) is 6.43. The number of ether oxygens (including phenoxy) is 2. The SMILES string of the molecule is Cc1c(OC[C@@H]2CN(C)c3ccccc3O2)ccc(C(=O)O)c1C. The first-order chi connectivity index (χ1) is 11.5. The van der Waals surface area contributed by atoms with Crippen LogP contribution in [0.3, 0.4) is 0 Å². The topological polar surface area (TPSA) is 59.0 Å². The van der Waals surface area contributed by atoms with Gasteiger partial charge in [-0.3, -0.25) is 0 Å². The number of likely N-dealkylation sites (N-methyl/N-ethyl adjacent to an activating group) is 1. The van der Waals surface area contributed by atoms with Crippen LogP contribution in [0.4, 0.5) is 5.69 Å². The molecule has 0 spiro atoms. The molecular weight excluding hydrogens is 306 g/mol. The van der Waals surface area contributed by atoms with Gasteiger partial charge in [0.2, 0.25) is 0 Å². The quantitative estimate of drug-likeness (QED) is 0.934. The fraction of sp³-hybridized carbons (Fsp3) is 0.316. The molecule has 0 amide bonds. The van der Waals surface area contributed by atoms with Crippen molar-refractivity contribution in [2.24, 2.45) is 0 Å². The van der Waals surface area contributed by atoms with Crippen LogP contribution in [0.1, 0.15) is 21.5 Å². The first-order valence-corrected chi connectivity index (χ1v) is 7.90. The predicted molar refractivity (Wildman–Crippen MR) is 92.5 cm³/mol. The Morgan fingerprint density at radius 1 is 1.25 bits per heavy atom. The van der Waals surface area contributed by atoms with Crippen molar-refractivity contribution in [3.05, 3.63) is 53.1 Å². The Kier molecular flexibility index (Phi) is 4.34. The molecular formula is C19H21NO4. The summed E-state index contributed by atoms with van der Waals surface area (Å²) in [5.74, 6) is 0.632. The van der Waals surface area contributed by atoms with Gasteiger partial charge in [0.15, 0.2) is 0 Å². The summed E-state index contributed by atoms with van der Waals surface area (Å²) in [6, 6.07) is 11.2. The predicted octanol–water partition coefficient (Wildman–Crippen LogP) is 3.28. The second-order valence-corrected chi connectivity index (χ2v) is 6.07. The third-order valence-corrected chi connectivity index (χ3v) is 4.44. The maximum absolute atomic E-state index is 11.2. The molecule has 5 heteroatoms. The van der Waals surface area contributed by atoms with Crippen molar-refractivity contribution in [3.63, 3.8) is 0 Å². The van der Waals surface area contributed by atoms with Gasteiger partial charge in [-0.1, -0.05) is 12.1 Å². The van der Waals surface area contributed by atoms with E-state index in [0.717, 1.165) is 29.1 Å². The molecule has 5 nitrogen and oxygen atoms in total. The maximum Gasteiger partial charge on any atom is 0.335 e. The van der Waals surface area contributed by atoms with Crippen LogP contribution in [0.15, 0.2) is 36.4 Å². The van der Waals surface area contributed by atoms with Gasteiger partial charge in [0, 0.05) is 7.05 Å². The number of anilines is 1. The average molecular weight is 327 g/mol. The molecule has 0 unspecified atom stereocenters. The number of hydrogen-bond acceptors (Lipinski definition) is 4. The number of hydrogen-bond donors (Lipinski definition) is 1. The molecule has 0 saturated heterocycles. The summed E-state index contributed by atoms with van der Waals surface area (Å²) >= 11 is 0. The zero-order chi connectivity index (χ0) is 17.3. The van der Waals surface area contributed by atoms with E-state index in [9.17, 15) is 9.90 Å². The monoisotopic (exact) mass is 327 g/mol. The van der Waals surface area contributed by atoms with Gasteiger partial charge in [-0.25, -0.2) is 4.79 Å². The van der Waals surface area contributed by atoms with Crippen molar-refractivity contribution in [1.29, 1.82) is 0 Å². The van der Waals surface area contributed by atoms with E-state index in [0.29, 0.717) is 17.9 Å². The van der Waals surface area contributed by atoms with Crippen molar-refractivity contribution >= 4 is 11.7 Å². The number of nitrogens with zero attached hydrogens (tertiary/aromatic N) is 1. The minimum Gasteiger partial charge on any atom is -0.489 e. The third kappa shape index (κ3) is 3.02. The van der Waals surface area contributed by atoms with Gasteiger partial charge < -0.3 is 19.5 Å². The highest BCUT2D eigenvalue weighted by Crippen LogP contribution is 2.32. The lowest BCUT2D eigenvalue weighted by Gasteiger charge is -2.33. The number of carbonyl (C=O) groups is 1. The molecule has 2 aromatic rings. The molecule has 1 N–H and O–H groups in total. The van der Waals surface area contributed by atoms with E-state index in [4.69, 9.17) is 9.47 Å². The van der Waals surface area contributed by atoms with E-state index >= 15 is 0 Å². The van der Waals surface area contributed by atoms with Crippen LogP contribution in [0.5, 0.6) is 11.5 Å². The molecule has 126 valence electrons. The van der Waals surface area contributed by atoms with E-state index in [1.165, 1.54) is 0 Å². The van der Waals surface area contributed by atoms with Gasteiger partial charge in [-0.05, 0) is 49.2 Å². The molecule has 1 aliphatic rings. The van der Waals surface area contributed by atoms with Crippen molar-refractivity contribution in [2.75, 3.05) is 25.1 Å². The number of carboxylic acid groups (broad SMARTS) is 1. The van der Waals surface area contributed by atoms with Crippen molar-refractivity contribution < 1.29 is 19.4 Å². The molecule has 0 aliphatic carbocycles. The largest absolute Gasteiger partial charge is 0.489 e. The first kappa shape index (κ1) is 16.2. The number of carboxylic acids is 1. The summed E-state index contributed by atoms with van der Waals surface area (Å²) < 4.78 is 11.9. The lowest BCUT2D eigenvalue weighted by atomic mass is 10.0. The van der Waals surface area contributed by atoms with Crippen LogP contribution in [-0.2, 0) is 0 Å². The Balaban J connectivity index is 1.71. The van der Waals surface area contributed by atoms with Crippen LogP contribution < -0.4 is 14.4 Å². The number of fused-ring (bicyclic) bond motifs is 1. The van der Waals surface area contributed by atoms with E-state index in [-0.39, 0.29) is 6.10 Å². The highest BCUT2D eigenvalue weighted by molar-refractivity contribution is 5.90. The molecule has 1 heterocycles. The van der Waals surface area contributed by atoms with Gasteiger partial charge in [0.25, 0.3) is 0 Å². The summed E-state index contributed by atoms with van der Waals surface area (Å²) in [5.41, 5.74) is 2.96. The molecule has 0 saturated carbocycles.